The first-order valence-corrected chi connectivity index (χ1v) is 10.3. The number of nitro benzene ring substituents is 1. The SMILES string of the molecule is NCc1ccc(CN(Cc2ccccn2)S(=O)(=O)c2ccccc2[N+](=O)[O-])cc1. The third kappa shape index (κ3) is 4.83. The van der Waals surface area contributed by atoms with Crippen molar-refractivity contribution in [1.82, 2.24) is 9.29 Å². The van der Waals surface area contributed by atoms with Gasteiger partial charge in [-0.2, -0.15) is 4.31 Å². The first-order chi connectivity index (χ1) is 13.9. The maximum Gasteiger partial charge on any atom is 0.289 e. The van der Waals surface area contributed by atoms with Crippen LogP contribution >= 0.6 is 0 Å². The molecule has 8 nitrogen and oxygen atoms in total. The molecule has 0 spiro atoms. The number of pyridine rings is 1. The molecule has 1 heterocycles. The van der Waals surface area contributed by atoms with Crippen LogP contribution < -0.4 is 5.73 Å². The summed E-state index contributed by atoms with van der Waals surface area (Å²) in [5.74, 6) is 0. The normalized spacial score (nSPS) is 11.5. The van der Waals surface area contributed by atoms with Crippen molar-refractivity contribution in [2.24, 2.45) is 5.73 Å². The van der Waals surface area contributed by atoms with E-state index in [9.17, 15) is 18.5 Å². The van der Waals surface area contributed by atoms with Crippen molar-refractivity contribution in [3.8, 4) is 0 Å². The van der Waals surface area contributed by atoms with Gasteiger partial charge in [-0.1, -0.05) is 42.5 Å². The average Bonchev–Trinajstić information content (AvgIpc) is 2.74. The molecule has 0 bridgehead atoms. The molecule has 2 N–H and O–H groups in total. The molecule has 0 saturated carbocycles. The zero-order valence-corrected chi connectivity index (χ0v) is 16.3. The standard InChI is InChI=1S/C20H20N4O4S/c21-13-16-8-10-17(11-9-16)14-23(15-18-5-3-4-12-22-18)29(27,28)20-7-2-1-6-19(20)24(25)26/h1-12H,13-15,21H2. The Labute approximate surface area is 168 Å². The molecule has 0 radical (unpaired) electrons. The number of nitrogens with zero attached hydrogens (tertiary/aromatic N) is 3. The number of nitro groups is 1. The third-order valence-electron chi connectivity index (χ3n) is 4.36. The fraction of sp³-hybridized carbons (Fsp3) is 0.150. The van der Waals surface area contributed by atoms with Gasteiger partial charge in [0, 0.05) is 25.4 Å². The Hall–Kier alpha value is -3.14. The van der Waals surface area contributed by atoms with Gasteiger partial charge < -0.3 is 5.73 Å². The lowest BCUT2D eigenvalue weighted by Crippen LogP contribution is -2.31. The molecule has 9 heteroatoms. The molecule has 0 saturated heterocycles. The van der Waals surface area contributed by atoms with Crippen molar-refractivity contribution in [3.63, 3.8) is 0 Å². The van der Waals surface area contributed by atoms with E-state index in [-0.39, 0.29) is 18.0 Å². The molecule has 0 aliphatic heterocycles. The van der Waals surface area contributed by atoms with Crippen LogP contribution in [0.5, 0.6) is 0 Å². The molecule has 3 aromatic rings. The van der Waals surface area contributed by atoms with Crippen LogP contribution in [0, 0.1) is 10.1 Å². The van der Waals surface area contributed by atoms with E-state index in [0.717, 1.165) is 11.1 Å². The topological polar surface area (TPSA) is 119 Å². The summed E-state index contributed by atoms with van der Waals surface area (Å²) < 4.78 is 27.9. The minimum atomic E-state index is -4.16. The molecule has 1 aromatic heterocycles. The maximum atomic E-state index is 13.4. The minimum Gasteiger partial charge on any atom is -0.326 e. The second-order valence-electron chi connectivity index (χ2n) is 6.34. The number of benzene rings is 2. The summed E-state index contributed by atoms with van der Waals surface area (Å²) in [6.45, 7) is 0.399. The number of nitrogens with two attached hydrogens (primary N) is 1. The lowest BCUT2D eigenvalue weighted by molar-refractivity contribution is -0.387. The molecule has 29 heavy (non-hydrogen) atoms. The largest absolute Gasteiger partial charge is 0.326 e. The van der Waals surface area contributed by atoms with Crippen LogP contribution in [0.4, 0.5) is 5.69 Å². The summed E-state index contributed by atoms with van der Waals surface area (Å²) in [7, 11) is -4.16. The fourth-order valence-electron chi connectivity index (χ4n) is 2.85. The Morgan fingerprint density at radius 3 is 2.21 bits per heavy atom. The van der Waals surface area contributed by atoms with Crippen molar-refractivity contribution in [2.45, 2.75) is 24.5 Å². The lowest BCUT2D eigenvalue weighted by Gasteiger charge is -2.22. The molecule has 2 aromatic carbocycles. The van der Waals surface area contributed by atoms with E-state index in [1.807, 2.05) is 12.1 Å². The zero-order valence-electron chi connectivity index (χ0n) is 15.5. The highest BCUT2D eigenvalue weighted by atomic mass is 32.2. The third-order valence-corrected chi connectivity index (χ3v) is 6.20. The molecule has 0 aliphatic carbocycles. The van der Waals surface area contributed by atoms with E-state index in [1.54, 1.807) is 36.5 Å². The Kier molecular flexibility index (Phi) is 6.32. The maximum absolute atomic E-state index is 13.4. The quantitative estimate of drug-likeness (QED) is 0.449. The first-order valence-electron chi connectivity index (χ1n) is 8.83. The second kappa shape index (κ2) is 8.91. The number of sulfonamides is 1. The van der Waals surface area contributed by atoms with Gasteiger partial charge in [0.2, 0.25) is 0 Å². The smallest absolute Gasteiger partial charge is 0.289 e. The Bertz CT molecular complexity index is 1090. The number of rotatable bonds is 8. The summed E-state index contributed by atoms with van der Waals surface area (Å²) in [5.41, 5.74) is 7.35. The van der Waals surface area contributed by atoms with Crippen LogP contribution in [-0.4, -0.2) is 22.6 Å². The number of hydrogen-bond acceptors (Lipinski definition) is 6. The van der Waals surface area contributed by atoms with Gasteiger partial charge in [-0.25, -0.2) is 8.42 Å². The van der Waals surface area contributed by atoms with E-state index >= 15 is 0 Å². The van der Waals surface area contributed by atoms with E-state index in [4.69, 9.17) is 5.73 Å². The zero-order chi connectivity index (χ0) is 20.9. The summed E-state index contributed by atoms with van der Waals surface area (Å²) in [6.07, 6.45) is 1.57. The Morgan fingerprint density at radius 2 is 1.59 bits per heavy atom. The van der Waals surface area contributed by atoms with Gasteiger partial charge in [-0.15, -0.1) is 0 Å². The van der Waals surface area contributed by atoms with Crippen molar-refractivity contribution < 1.29 is 13.3 Å². The van der Waals surface area contributed by atoms with Gasteiger partial charge in [-0.05, 0) is 29.3 Å². The summed E-state index contributed by atoms with van der Waals surface area (Å²) in [6, 6.07) is 17.8. The predicted molar refractivity (Wildman–Crippen MR) is 108 cm³/mol. The summed E-state index contributed by atoms with van der Waals surface area (Å²) in [4.78, 5) is 14.5. The van der Waals surface area contributed by atoms with Crippen LogP contribution in [0.25, 0.3) is 0 Å². The fourth-order valence-corrected chi connectivity index (χ4v) is 4.40. The molecule has 150 valence electrons. The van der Waals surface area contributed by atoms with Gasteiger partial charge in [0.25, 0.3) is 15.7 Å². The predicted octanol–water partition coefficient (Wildman–Crippen LogP) is 2.84. The number of aromatic nitrogens is 1. The highest BCUT2D eigenvalue weighted by Gasteiger charge is 2.31. The van der Waals surface area contributed by atoms with Gasteiger partial charge in [-0.3, -0.25) is 15.1 Å². The minimum absolute atomic E-state index is 0.0200. The van der Waals surface area contributed by atoms with E-state index in [1.165, 1.54) is 28.6 Å². The van der Waals surface area contributed by atoms with Crippen molar-refractivity contribution in [3.05, 3.63) is 99.9 Å². The van der Waals surface area contributed by atoms with Crippen LogP contribution in [-0.2, 0) is 29.7 Å². The first kappa shape index (κ1) is 20.6. The van der Waals surface area contributed by atoms with Crippen LogP contribution in [0.2, 0.25) is 0 Å². The Balaban J connectivity index is 2.02. The van der Waals surface area contributed by atoms with Gasteiger partial charge >= 0.3 is 0 Å². The summed E-state index contributed by atoms with van der Waals surface area (Å²) in [5, 5.41) is 11.4. The van der Waals surface area contributed by atoms with Crippen LogP contribution in [0.1, 0.15) is 16.8 Å². The number of hydrogen-bond donors (Lipinski definition) is 1. The van der Waals surface area contributed by atoms with E-state index in [2.05, 4.69) is 4.98 Å². The van der Waals surface area contributed by atoms with E-state index in [0.29, 0.717) is 12.2 Å². The molecular weight excluding hydrogens is 392 g/mol. The number of para-hydroxylation sites is 1. The van der Waals surface area contributed by atoms with Crippen LogP contribution in [0.15, 0.2) is 77.8 Å². The van der Waals surface area contributed by atoms with Crippen molar-refractivity contribution in [2.75, 3.05) is 0 Å². The molecular formula is C20H20N4O4S. The van der Waals surface area contributed by atoms with Crippen LogP contribution in [0.3, 0.4) is 0 Å². The molecule has 0 unspecified atom stereocenters. The molecule has 0 atom stereocenters. The van der Waals surface area contributed by atoms with Gasteiger partial charge in [0.05, 0.1) is 17.2 Å². The molecule has 3 rings (SSSR count). The monoisotopic (exact) mass is 412 g/mol. The molecule has 0 amide bonds. The lowest BCUT2D eigenvalue weighted by atomic mass is 10.1. The molecule has 0 fully saturated rings. The van der Waals surface area contributed by atoms with Gasteiger partial charge in [0.1, 0.15) is 0 Å². The van der Waals surface area contributed by atoms with Crippen molar-refractivity contribution >= 4 is 15.7 Å². The highest BCUT2D eigenvalue weighted by Crippen LogP contribution is 2.28. The molecule has 0 aliphatic rings. The Morgan fingerprint density at radius 1 is 0.931 bits per heavy atom. The average molecular weight is 412 g/mol. The highest BCUT2D eigenvalue weighted by molar-refractivity contribution is 7.89. The summed E-state index contributed by atoms with van der Waals surface area (Å²) >= 11 is 0. The van der Waals surface area contributed by atoms with Crippen molar-refractivity contribution in [1.29, 1.82) is 0 Å². The van der Waals surface area contributed by atoms with Gasteiger partial charge in [0.15, 0.2) is 4.90 Å². The van der Waals surface area contributed by atoms with E-state index < -0.39 is 20.6 Å². The second-order valence-corrected chi connectivity index (χ2v) is 8.25.